The molecule has 1 amide bonds. The first-order chi connectivity index (χ1) is 12.7. The number of likely N-dealkylation sites (tertiary alicyclic amines) is 1. The Bertz CT molecular complexity index is 870. The number of piperidine rings is 1. The lowest BCUT2D eigenvalue weighted by atomic mass is 10.1. The first-order valence-electron chi connectivity index (χ1n) is 8.55. The van der Waals surface area contributed by atoms with Crippen LogP contribution in [0.3, 0.4) is 0 Å². The second-order valence-electron chi connectivity index (χ2n) is 6.17. The zero-order valence-corrected chi connectivity index (χ0v) is 15.2. The SMILES string of the molecule is Cc1nc(-n2cccc2)sc1C(=O)N1CCC(Oc2cccnn2)CC1. The molecule has 0 spiro atoms. The van der Waals surface area contributed by atoms with E-state index in [4.69, 9.17) is 4.74 Å². The van der Waals surface area contributed by atoms with Gasteiger partial charge in [-0.15, -0.1) is 5.10 Å². The Balaban J connectivity index is 1.39. The molecule has 3 aromatic rings. The maximum absolute atomic E-state index is 12.9. The highest BCUT2D eigenvalue weighted by Crippen LogP contribution is 2.25. The van der Waals surface area contributed by atoms with Crippen molar-refractivity contribution >= 4 is 17.2 Å². The fourth-order valence-corrected chi connectivity index (χ4v) is 4.00. The molecule has 0 radical (unpaired) electrons. The van der Waals surface area contributed by atoms with E-state index in [0.717, 1.165) is 23.7 Å². The highest BCUT2D eigenvalue weighted by molar-refractivity contribution is 7.16. The summed E-state index contributed by atoms with van der Waals surface area (Å²) in [5, 5.41) is 8.59. The summed E-state index contributed by atoms with van der Waals surface area (Å²) >= 11 is 1.43. The van der Waals surface area contributed by atoms with Crippen molar-refractivity contribution in [3.8, 4) is 11.0 Å². The van der Waals surface area contributed by atoms with Crippen LogP contribution >= 0.6 is 11.3 Å². The van der Waals surface area contributed by atoms with Gasteiger partial charge in [-0.2, -0.15) is 5.10 Å². The van der Waals surface area contributed by atoms with E-state index < -0.39 is 0 Å². The number of aromatic nitrogens is 4. The largest absolute Gasteiger partial charge is 0.473 e. The molecular weight excluding hydrogens is 350 g/mol. The maximum Gasteiger partial charge on any atom is 0.265 e. The monoisotopic (exact) mass is 369 g/mol. The molecule has 0 N–H and O–H groups in total. The molecule has 0 unspecified atom stereocenters. The van der Waals surface area contributed by atoms with Crippen LogP contribution in [-0.2, 0) is 0 Å². The van der Waals surface area contributed by atoms with Gasteiger partial charge in [0.1, 0.15) is 11.0 Å². The minimum absolute atomic E-state index is 0.0522. The van der Waals surface area contributed by atoms with Crippen LogP contribution in [0.5, 0.6) is 5.88 Å². The first kappa shape index (κ1) is 16.7. The van der Waals surface area contributed by atoms with Gasteiger partial charge in [-0.1, -0.05) is 11.3 Å². The summed E-state index contributed by atoms with van der Waals surface area (Å²) in [5.41, 5.74) is 0.779. The average molecular weight is 369 g/mol. The Morgan fingerprint density at radius 2 is 2.00 bits per heavy atom. The number of hydrogen-bond donors (Lipinski definition) is 0. The van der Waals surface area contributed by atoms with Crippen LogP contribution in [-0.4, -0.2) is 49.7 Å². The molecule has 4 heterocycles. The summed E-state index contributed by atoms with van der Waals surface area (Å²) in [6, 6.07) is 7.49. The van der Waals surface area contributed by atoms with Crippen LogP contribution < -0.4 is 4.74 Å². The molecule has 4 rings (SSSR count). The van der Waals surface area contributed by atoms with Crippen LogP contribution in [0.4, 0.5) is 0 Å². The topological polar surface area (TPSA) is 73.1 Å². The van der Waals surface area contributed by atoms with Gasteiger partial charge < -0.3 is 14.2 Å². The van der Waals surface area contributed by atoms with Gasteiger partial charge in [-0.3, -0.25) is 4.79 Å². The van der Waals surface area contributed by atoms with Gasteiger partial charge in [0.15, 0.2) is 5.13 Å². The van der Waals surface area contributed by atoms with Crippen LogP contribution in [0, 0.1) is 6.92 Å². The lowest BCUT2D eigenvalue weighted by Gasteiger charge is -2.31. The van der Waals surface area contributed by atoms with Crippen molar-refractivity contribution in [2.75, 3.05) is 13.1 Å². The van der Waals surface area contributed by atoms with Gasteiger partial charge >= 0.3 is 0 Å². The fraction of sp³-hybridized carbons (Fsp3) is 0.333. The lowest BCUT2D eigenvalue weighted by molar-refractivity contribution is 0.0589. The minimum Gasteiger partial charge on any atom is -0.473 e. The molecule has 1 aliphatic rings. The molecule has 26 heavy (non-hydrogen) atoms. The Labute approximate surface area is 155 Å². The zero-order valence-electron chi connectivity index (χ0n) is 14.4. The number of ether oxygens (including phenoxy) is 1. The van der Waals surface area contributed by atoms with E-state index in [9.17, 15) is 4.79 Å². The molecular formula is C18H19N5O2S. The van der Waals surface area contributed by atoms with E-state index in [1.54, 1.807) is 18.3 Å². The summed E-state index contributed by atoms with van der Waals surface area (Å²) in [6.45, 7) is 3.22. The third-order valence-corrected chi connectivity index (χ3v) is 5.53. The Hall–Kier alpha value is -2.74. The standard InChI is InChI=1S/C18H19N5O2S/c1-13-16(26-18(20-13)23-9-2-3-10-23)17(24)22-11-6-14(7-12-22)25-15-5-4-8-19-21-15/h2-5,8-10,14H,6-7,11-12H2,1H3. The number of aryl methyl sites for hydroxylation is 1. The second-order valence-corrected chi connectivity index (χ2v) is 7.15. The molecule has 0 bridgehead atoms. The third-order valence-electron chi connectivity index (χ3n) is 4.37. The number of thiazole rings is 1. The average Bonchev–Trinajstić information content (AvgIpc) is 3.32. The van der Waals surface area contributed by atoms with Gasteiger partial charge in [-0.05, 0) is 25.1 Å². The molecule has 0 aliphatic carbocycles. The van der Waals surface area contributed by atoms with Gasteiger partial charge in [0.2, 0.25) is 5.88 Å². The van der Waals surface area contributed by atoms with Crippen molar-refractivity contribution in [2.45, 2.75) is 25.9 Å². The molecule has 0 saturated carbocycles. The summed E-state index contributed by atoms with van der Waals surface area (Å²) in [5.74, 6) is 0.586. The molecule has 1 aliphatic heterocycles. The predicted octanol–water partition coefficient (Wildman–Crippen LogP) is 2.72. The molecule has 1 fully saturated rings. The van der Waals surface area contributed by atoms with Crippen LogP contribution in [0.2, 0.25) is 0 Å². The lowest BCUT2D eigenvalue weighted by Crippen LogP contribution is -2.41. The van der Waals surface area contributed by atoms with Crippen molar-refractivity contribution in [3.63, 3.8) is 0 Å². The minimum atomic E-state index is 0.0522. The summed E-state index contributed by atoms with van der Waals surface area (Å²) in [4.78, 5) is 20.0. The predicted molar refractivity (Wildman–Crippen MR) is 97.8 cm³/mol. The van der Waals surface area contributed by atoms with E-state index in [1.165, 1.54) is 11.3 Å². The Kier molecular flexibility index (Phi) is 4.66. The maximum atomic E-state index is 12.9. The van der Waals surface area contributed by atoms with E-state index in [1.807, 2.05) is 40.9 Å². The van der Waals surface area contributed by atoms with E-state index in [2.05, 4.69) is 15.2 Å². The second kappa shape index (κ2) is 7.25. The smallest absolute Gasteiger partial charge is 0.265 e. The number of amides is 1. The molecule has 0 aromatic carbocycles. The molecule has 7 nitrogen and oxygen atoms in total. The molecule has 1 saturated heterocycles. The van der Waals surface area contributed by atoms with Crippen LogP contribution in [0.1, 0.15) is 28.2 Å². The van der Waals surface area contributed by atoms with E-state index in [0.29, 0.717) is 23.8 Å². The summed E-state index contributed by atoms with van der Waals surface area (Å²) in [7, 11) is 0. The third kappa shape index (κ3) is 3.45. The summed E-state index contributed by atoms with van der Waals surface area (Å²) in [6.07, 6.45) is 7.11. The van der Waals surface area contributed by atoms with Crippen LogP contribution in [0.15, 0.2) is 42.9 Å². The number of carbonyl (C=O) groups is 1. The number of nitrogens with zero attached hydrogens (tertiary/aromatic N) is 5. The molecule has 3 aromatic heterocycles. The van der Waals surface area contributed by atoms with E-state index >= 15 is 0 Å². The normalized spacial score (nSPS) is 15.2. The van der Waals surface area contributed by atoms with Crippen molar-refractivity contribution in [1.29, 1.82) is 0 Å². The van der Waals surface area contributed by atoms with Crippen LogP contribution in [0.25, 0.3) is 5.13 Å². The zero-order chi connectivity index (χ0) is 17.9. The van der Waals surface area contributed by atoms with Gasteiger partial charge in [0.05, 0.1) is 5.69 Å². The van der Waals surface area contributed by atoms with Gasteiger partial charge in [0, 0.05) is 50.6 Å². The van der Waals surface area contributed by atoms with Crippen molar-refractivity contribution in [2.24, 2.45) is 0 Å². The molecule has 0 atom stereocenters. The summed E-state index contributed by atoms with van der Waals surface area (Å²) < 4.78 is 7.77. The molecule has 134 valence electrons. The number of carbonyl (C=O) groups excluding carboxylic acids is 1. The number of hydrogen-bond acceptors (Lipinski definition) is 6. The Morgan fingerprint density at radius 3 is 2.69 bits per heavy atom. The Morgan fingerprint density at radius 1 is 1.23 bits per heavy atom. The van der Waals surface area contributed by atoms with Crippen molar-refractivity contribution in [3.05, 3.63) is 53.4 Å². The highest BCUT2D eigenvalue weighted by atomic mass is 32.1. The fourth-order valence-electron chi connectivity index (χ4n) is 2.99. The first-order valence-corrected chi connectivity index (χ1v) is 9.37. The van der Waals surface area contributed by atoms with Crippen molar-refractivity contribution in [1.82, 2.24) is 24.6 Å². The van der Waals surface area contributed by atoms with E-state index in [-0.39, 0.29) is 12.0 Å². The highest BCUT2D eigenvalue weighted by Gasteiger charge is 2.27. The quantitative estimate of drug-likeness (QED) is 0.707. The molecule has 8 heteroatoms. The number of rotatable bonds is 4. The van der Waals surface area contributed by atoms with Gasteiger partial charge in [0.25, 0.3) is 5.91 Å². The van der Waals surface area contributed by atoms with Crippen molar-refractivity contribution < 1.29 is 9.53 Å². The van der Waals surface area contributed by atoms with Gasteiger partial charge in [-0.25, -0.2) is 4.98 Å².